The SMILES string of the molecule is CCC(=O)N1CCCC(Nc2ccnc(-c3cnc4ccc(N)cn34)n2)C1. The highest BCUT2D eigenvalue weighted by molar-refractivity contribution is 5.76. The molecule has 140 valence electrons. The molecule has 3 aromatic rings. The summed E-state index contributed by atoms with van der Waals surface area (Å²) in [5.41, 5.74) is 8.13. The Morgan fingerprint density at radius 2 is 2.22 bits per heavy atom. The van der Waals surface area contributed by atoms with E-state index in [1.54, 1.807) is 12.4 Å². The van der Waals surface area contributed by atoms with Gasteiger partial charge in [-0.25, -0.2) is 15.0 Å². The number of nitrogen functional groups attached to an aromatic ring is 1. The van der Waals surface area contributed by atoms with Gasteiger partial charge in [0.1, 0.15) is 17.2 Å². The van der Waals surface area contributed by atoms with Gasteiger partial charge >= 0.3 is 0 Å². The van der Waals surface area contributed by atoms with Gasteiger partial charge in [0.15, 0.2) is 5.82 Å². The Morgan fingerprint density at radius 1 is 1.33 bits per heavy atom. The third-order valence-electron chi connectivity index (χ3n) is 4.84. The number of carbonyl (C=O) groups excluding carboxylic acids is 1. The maximum atomic E-state index is 12.0. The lowest BCUT2D eigenvalue weighted by Gasteiger charge is -2.33. The first-order valence-electron chi connectivity index (χ1n) is 9.24. The summed E-state index contributed by atoms with van der Waals surface area (Å²) in [4.78, 5) is 27.3. The van der Waals surface area contributed by atoms with Crippen molar-refractivity contribution in [2.24, 2.45) is 0 Å². The molecule has 8 nitrogen and oxygen atoms in total. The Bertz CT molecular complexity index is 968. The van der Waals surface area contributed by atoms with Crippen LogP contribution in [0.3, 0.4) is 0 Å². The number of hydrogen-bond acceptors (Lipinski definition) is 6. The van der Waals surface area contributed by atoms with Crippen molar-refractivity contribution in [2.45, 2.75) is 32.2 Å². The summed E-state index contributed by atoms with van der Waals surface area (Å²) in [5, 5.41) is 3.45. The number of nitrogens with two attached hydrogens (primary N) is 1. The fraction of sp³-hybridized carbons (Fsp3) is 0.368. The van der Waals surface area contributed by atoms with Crippen LogP contribution in [0.1, 0.15) is 26.2 Å². The van der Waals surface area contributed by atoms with E-state index < -0.39 is 0 Å². The van der Waals surface area contributed by atoms with Crippen LogP contribution in [0.5, 0.6) is 0 Å². The predicted octanol–water partition coefficient (Wildman–Crippen LogP) is 2.19. The number of nitrogens with zero attached hydrogens (tertiary/aromatic N) is 5. The maximum absolute atomic E-state index is 12.0. The molecule has 4 rings (SSSR count). The number of nitrogens with one attached hydrogen (secondary N) is 1. The highest BCUT2D eigenvalue weighted by atomic mass is 16.2. The molecule has 0 spiro atoms. The predicted molar refractivity (Wildman–Crippen MR) is 104 cm³/mol. The Balaban J connectivity index is 1.56. The zero-order valence-electron chi connectivity index (χ0n) is 15.3. The standard InChI is InChI=1S/C19H23N7O/c1-2-18(27)25-9-3-4-14(12-25)23-16-7-8-21-19(24-16)15-10-22-17-6-5-13(20)11-26(15)17/h5-8,10-11,14H,2-4,9,12,20H2,1H3,(H,21,23,24). The fourth-order valence-corrected chi connectivity index (χ4v) is 3.48. The van der Waals surface area contributed by atoms with Gasteiger partial charge in [0.25, 0.3) is 0 Å². The molecular weight excluding hydrogens is 342 g/mol. The van der Waals surface area contributed by atoms with Crippen molar-refractivity contribution in [3.63, 3.8) is 0 Å². The van der Waals surface area contributed by atoms with Gasteiger partial charge in [-0.05, 0) is 31.0 Å². The average molecular weight is 365 g/mol. The number of amides is 1. The third-order valence-corrected chi connectivity index (χ3v) is 4.84. The van der Waals surface area contributed by atoms with Gasteiger partial charge < -0.3 is 16.0 Å². The zero-order valence-corrected chi connectivity index (χ0v) is 15.3. The van der Waals surface area contributed by atoms with Crippen LogP contribution in [-0.2, 0) is 4.79 Å². The van der Waals surface area contributed by atoms with Crippen molar-refractivity contribution in [3.05, 3.63) is 36.8 Å². The second-order valence-electron chi connectivity index (χ2n) is 6.78. The van der Waals surface area contributed by atoms with Crippen molar-refractivity contribution in [2.75, 3.05) is 24.1 Å². The van der Waals surface area contributed by atoms with Gasteiger partial charge in [-0.3, -0.25) is 9.20 Å². The van der Waals surface area contributed by atoms with E-state index in [4.69, 9.17) is 5.73 Å². The zero-order chi connectivity index (χ0) is 18.8. The van der Waals surface area contributed by atoms with Gasteiger partial charge in [0.2, 0.25) is 5.91 Å². The second kappa shape index (κ2) is 7.22. The molecule has 0 radical (unpaired) electrons. The number of carbonyl (C=O) groups is 1. The van der Waals surface area contributed by atoms with E-state index in [0.717, 1.165) is 36.5 Å². The van der Waals surface area contributed by atoms with Gasteiger partial charge in [0.05, 0.1) is 6.20 Å². The molecule has 0 saturated carbocycles. The molecule has 1 amide bonds. The number of imidazole rings is 1. The minimum Gasteiger partial charge on any atom is -0.398 e. The largest absolute Gasteiger partial charge is 0.398 e. The molecule has 4 heterocycles. The van der Waals surface area contributed by atoms with E-state index >= 15 is 0 Å². The number of pyridine rings is 1. The molecule has 0 bridgehead atoms. The lowest BCUT2D eigenvalue weighted by molar-refractivity contribution is -0.131. The number of hydrogen-bond donors (Lipinski definition) is 2. The van der Waals surface area contributed by atoms with Crippen LogP contribution >= 0.6 is 0 Å². The minimum absolute atomic E-state index is 0.190. The molecule has 0 aromatic carbocycles. The van der Waals surface area contributed by atoms with E-state index in [9.17, 15) is 4.79 Å². The van der Waals surface area contributed by atoms with Crippen molar-refractivity contribution in [1.29, 1.82) is 0 Å². The van der Waals surface area contributed by atoms with Gasteiger partial charge in [-0.15, -0.1) is 0 Å². The number of anilines is 2. The molecule has 27 heavy (non-hydrogen) atoms. The van der Waals surface area contributed by atoms with Gasteiger partial charge in [-0.1, -0.05) is 6.92 Å². The fourth-order valence-electron chi connectivity index (χ4n) is 3.48. The van der Waals surface area contributed by atoms with Crippen LogP contribution in [0.15, 0.2) is 36.8 Å². The molecule has 1 aliphatic rings. The van der Waals surface area contributed by atoms with Gasteiger partial charge in [0, 0.05) is 43.6 Å². The molecule has 0 aliphatic carbocycles. The van der Waals surface area contributed by atoms with Crippen molar-refractivity contribution >= 4 is 23.1 Å². The van der Waals surface area contributed by atoms with Crippen molar-refractivity contribution < 1.29 is 4.79 Å². The third kappa shape index (κ3) is 3.55. The Morgan fingerprint density at radius 3 is 3.07 bits per heavy atom. The quantitative estimate of drug-likeness (QED) is 0.735. The highest BCUT2D eigenvalue weighted by Gasteiger charge is 2.23. The first kappa shape index (κ1) is 17.3. The van der Waals surface area contributed by atoms with Crippen molar-refractivity contribution in [1.82, 2.24) is 24.3 Å². The number of piperidine rings is 1. The van der Waals surface area contributed by atoms with Crippen LogP contribution in [0.25, 0.3) is 17.2 Å². The molecule has 1 aliphatic heterocycles. The number of aromatic nitrogens is 4. The topological polar surface area (TPSA) is 101 Å². The molecule has 1 atom stereocenters. The highest BCUT2D eigenvalue weighted by Crippen LogP contribution is 2.21. The molecule has 1 fully saturated rings. The summed E-state index contributed by atoms with van der Waals surface area (Å²) >= 11 is 0. The Kier molecular flexibility index (Phi) is 4.62. The lowest BCUT2D eigenvalue weighted by Crippen LogP contribution is -2.45. The molecule has 1 saturated heterocycles. The number of likely N-dealkylation sites (tertiary alicyclic amines) is 1. The van der Waals surface area contributed by atoms with Crippen LogP contribution in [0.2, 0.25) is 0 Å². The summed E-state index contributed by atoms with van der Waals surface area (Å²) in [6.45, 7) is 3.44. The van der Waals surface area contributed by atoms with E-state index in [0.29, 0.717) is 24.5 Å². The molecule has 8 heteroatoms. The summed E-state index contributed by atoms with van der Waals surface area (Å²) in [6, 6.07) is 5.72. The molecular formula is C19H23N7O. The monoisotopic (exact) mass is 365 g/mol. The summed E-state index contributed by atoms with van der Waals surface area (Å²) in [7, 11) is 0. The average Bonchev–Trinajstić information content (AvgIpc) is 3.11. The Labute approximate surface area is 157 Å². The summed E-state index contributed by atoms with van der Waals surface area (Å²) in [6.07, 6.45) is 7.84. The first-order valence-corrected chi connectivity index (χ1v) is 9.24. The van der Waals surface area contributed by atoms with Crippen molar-refractivity contribution in [3.8, 4) is 11.5 Å². The summed E-state index contributed by atoms with van der Waals surface area (Å²) in [5.74, 6) is 1.53. The minimum atomic E-state index is 0.190. The second-order valence-corrected chi connectivity index (χ2v) is 6.78. The molecule has 1 unspecified atom stereocenters. The number of fused-ring (bicyclic) bond motifs is 1. The molecule has 3 aromatic heterocycles. The van der Waals surface area contributed by atoms with E-state index in [1.165, 1.54) is 0 Å². The van der Waals surface area contributed by atoms with E-state index in [-0.39, 0.29) is 11.9 Å². The molecule has 3 N–H and O–H groups in total. The number of rotatable bonds is 4. The van der Waals surface area contributed by atoms with Gasteiger partial charge in [-0.2, -0.15) is 0 Å². The van der Waals surface area contributed by atoms with E-state index in [2.05, 4.69) is 20.3 Å². The van der Waals surface area contributed by atoms with Crippen LogP contribution in [0.4, 0.5) is 11.5 Å². The smallest absolute Gasteiger partial charge is 0.222 e. The van der Waals surface area contributed by atoms with Crippen LogP contribution in [0, 0.1) is 0 Å². The maximum Gasteiger partial charge on any atom is 0.222 e. The first-order chi connectivity index (χ1) is 13.1. The summed E-state index contributed by atoms with van der Waals surface area (Å²) < 4.78 is 1.89. The Hall–Kier alpha value is -3.16. The van der Waals surface area contributed by atoms with Crippen LogP contribution in [-0.4, -0.2) is 49.3 Å². The normalized spacial score (nSPS) is 17.2. The van der Waals surface area contributed by atoms with Crippen LogP contribution < -0.4 is 11.1 Å². The lowest BCUT2D eigenvalue weighted by atomic mass is 10.1. The van der Waals surface area contributed by atoms with E-state index in [1.807, 2.05) is 40.6 Å².